The van der Waals surface area contributed by atoms with Crippen LogP contribution in [-0.4, -0.2) is 11.9 Å². The molecule has 1 aliphatic carbocycles. The molecule has 0 saturated heterocycles. The molecule has 0 bridgehead atoms. The third kappa shape index (κ3) is 4.10. The van der Waals surface area contributed by atoms with Gasteiger partial charge >= 0.3 is 0 Å². The summed E-state index contributed by atoms with van der Waals surface area (Å²) in [5.41, 5.74) is 1.78. The first kappa shape index (κ1) is 14.1. The first-order valence-corrected chi connectivity index (χ1v) is 8.14. The second-order valence-corrected chi connectivity index (χ2v) is 6.04. The summed E-state index contributed by atoms with van der Waals surface area (Å²) in [6, 6.07) is 10.4. The summed E-state index contributed by atoms with van der Waals surface area (Å²) in [4.78, 5) is 0. The smallest absolute Gasteiger partial charge is 0.0716 e. The van der Waals surface area contributed by atoms with E-state index in [1.807, 2.05) is 6.07 Å². The Labute approximate surface area is 119 Å². The number of hydrogen-bond donors (Lipinski definition) is 0. The molecule has 1 aliphatic rings. The van der Waals surface area contributed by atoms with Gasteiger partial charge in [0.05, 0.1) is 6.61 Å². The van der Waals surface area contributed by atoms with Gasteiger partial charge < -0.3 is 4.74 Å². The molecule has 2 heteroatoms. The Bertz CT molecular complexity index is 330. The highest BCUT2D eigenvalue weighted by Gasteiger charge is 2.30. The first-order chi connectivity index (χ1) is 8.85. The molecule has 1 nitrogen and oxygen atoms in total. The fraction of sp³-hybridized carbons (Fsp3) is 0.625. The first-order valence-electron chi connectivity index (χ1n) is 7.02. The zero-order valence-corrected chi connectivity index (χ0v) is 12.6. The maximum atomic E-state index is 5.83. The summed E-state index contributed by atoms with van der Waals surface area (Å²) in [6.07, 6.45) is 8.14. The van der Waals surface area contributed by atoms with E-state index in [4.69, 9.17) is 4.74 Å². The Hall–Kier alpha value is -0.340. The highest BCUT2D eigenvalue weighted by atomic mass is 79.9. The molecule has 0 heterocycles. The molecule has 0 aromatic heterocycles. The van der Waals surface area contributed by atoms with Crippen molar-refractivity contribution in [2.45, 2.75) is 45.1 Å². The molecule has 0 atom stereocenters. The van der Waals surface area contributed by atoms with Crippen LogP contribution in [0.2, 0.25) is 0 Å². The van der Waals surface area contributed by atoms with E-state index >= 15 is 0 Å². The van der Waals surface area contributed by atoms with E-state index in [1.54, 1.807) is 0 Å². The number of ether oxygens (including phenoxy) is 1. The molecule has 1 saturated carbocycles. The minimum absolute atomic E-state index is 0.509. The van der Waals surface area contributed by atoms with Crippen LogP contribution < -0.4 is 0 Å². The van der Waals surface area contributed by atoms with E-state index in [-0.39, 0.29) is 0 Å². The largest absolute Gasteiger partial charge is 0.377 e. The highest BCUT2D eigenvalue weighted by Crippen LogP contribution is 2.40. The summed E-state index contributed by atoms with van der Waals surface area (Å²) < 4.78 is 5.83. The van der Waals surface area contributed by atoms with Crippen LogP contribution in [-0.2, 0) is 11.3 Å². The molecule has 0 radical (unpaired) electrons. The Morgan fingerprint density at radius 2 is 1.78 bits per heavy atom. The second kappa shape index (κ2) is 7.30. The predicted molar refractivity (Wildman–Crippen MR) is 80.0 cm³/mol. The normalized spacial score (nSPS) is 18.7. The van der Waals surface area contributed by atoms with E-state index in [2.05, 4.69) is 40.2 Å². The molecule has 0 spiro atoms. The van der Waals surface area contributed by atoms with E-state index in [9.17, 15) is 0 Å². The van der Waals surface area contributed by atoms with Gasteiger partial charge in [-0.1, -0.05) is 65.5 Å². The lowest BCUT2D eigenvalue weighted by Gasteiger charge is -2.35. The van der Waals surface area contributed by atoms with Crippen molar-refractivity contribution >= 4 is 15.9 Å². The Morgan fingerprint density at radius 1 is 1.06 bits per heavy atom. The van der Waals surface area contributed by atoms with Gasteiger partial charge in [0.25, 0.3) is 0 Å². The molecular formula is C16H23BrO. The van der Waals surface area contributed by atoms with E-state index in [0.717, 1.165) is 18.5 Å². The van der Waals surface area contributed by atoms with Crippen molar-refractivity contribution in [1.29, 1.82) is 0 Å². The van der Waals surface area contributed by atoms with Crippen molar-refractivity contribution in [3.63, 3.8) is 0 Å². The quantitative estimate of drug-likeness (QED) is 0.534. The third-order valence-electron chi connectivity index (χ3n) is 4.09. The van der Waals surface area contributed by atoms with Crippen LogP contribution in [0.1, 0.15) is 44.1 Å². The summed E-state index contributed by atoms with van der Waals surface area (Å²) in [5, 5.41) is 1.13. The maximum absolute atomic E-state index is 5.83. The molecule has 18 heavy (non-hydrogen) atoms. The average Bonchev–Trinajstić information content (AvgIpc) is 2.46. The van der Waals surface area contributed by atoms with Gasteiger partial charge in [-0.3, -0.25) is 0 Å². The summed E-state index contributed by atoms with van der Waals surface area (Å²) in [6.45, 7) is 1.64. The monoisotopic (exact) mass is 310 g/mol. The van der Waals surface area contributed by atoms with Crippen molar-refractivity contribution in [1.82, 2.24) is 0 Å². The van der Waals surface area contributed by atoms with Crippen molar-refractivity contribution in [3.8, 4) is 0 Å². The van der Waals surface area contributed by atoms with Crippen LogP contribution in [0.25, 0.3) is 0 Å². The fourth-order valence-electron chi connectivity index (χ4n) is 2.81. The van der Waals surface area contributed by atoms with Crippen molar-refractivity contribution < 1.29 is 4.74 Å². The SMILES string of the molecule is BrCC1(CCOCc2ccccc2)CCCCC1. The maximum Gasteiger partial charge on any atom is 0.0716 e. The molecule has 0 aliphatic heterocycles. The van der Waals surface area contributed by atoms with Crippen molar-refractivity contribution in [2.24, 2.45) is 5.41 Å². The standard InChI is InChI=1S/C16H23BrO/c17-14-16(9-5-2-6-10-16)11-12-18-13-15-7-3-1-4-8-15/h1,3-4,7-8H,2,5-6,9-14H2. The fourth-order valence-corrected chi connectivity index (χ4v) is 3.65. The van der Waals surface area contributed by atoms with Crippen LogP contribution in [0.4, 0.5) is 0 Å². The zero-order valence-electron chi connectivity index (χ0n) is 11.0. The van der Waals surface area contributed by atoms with Crippen LogP contribution >= 0.6 is 15.9 Å². The van der Waals surface area contributed by atoms with Crippen molar-refractivity contribution in [3.05, 3.63) is 35.9 Å². The molecule has 1 aromatic rings. The van der Waals surface area contributed by atoms with Crippen molar-refractivity contribution in [2.75, 3.05) is 11.9 Å². The average molecular weight is 311 g/mol. The van der Waals surface area contributed by atoms with Crippen LogP contribution in [0.3, 0.4) is 0 Å². The molecular weight excluding hydrogens is 288 g/mol. The summed E-state index contributed by atoms with van der Waals surface area (Å²) >= 11 is 3.71. The Kier molecular flexibility index (Phi) is 5.71. The van der Waals surface area contributed by atoms with Crippen LogP contribution in [0.5, 0.6) is 0 Å². The van der Waals surface area contributed by atoms with Gasteiger partial charge in [-0.15, -0.1) is 0 Å². The molecule has 0 unspecified atom stereocenters. The lowest BCUT2D eigenvalue weighted by atomic mass is 9.74. The molecule has 2 rings (SSSR count). The lowest BCUT2D eigenvalue weighted by Crippen LogP contribution is -2.27. The predicted octanol–water partition coefficient (Wildman–Crippen LogP) is 4.94. The second-order valence-electron chi connectivity index (χ2n) is 5.48. The van der Waals surface area contributed by atoms with Gasteiger partial charge in [0.2, 0.25) is 0 Å². The minimum atomic E-state index is 0.509. The van der Waals surface area contributed by atoms with Gasteiger partial charge in [-0.05, 0) is 30.2 Å². The minimum Gasteiger partial charge on any atom is -0.377 e. The number of rotatable bonds is 6. The van der Waals surface area contributed by atoms with Gasteiger partial charge in [0.15, 0.2) is 0 Å². The van der Waals surface area contributed by atoms with Crippen LogP contribution in [0.15, 0.2) is 30.3 Å². The lowest BCUT2D eigenvalue weighted by molar-refractivity contribution is 0.0756. The number of alkyl halides is 1. The van der Waals surface area contributed by atoms with Gasteiger partial charge in [0.1, 0.15) is 0 Å². The van der Waals surface area contributed by atoms with Crippen LogP contribution in [0, 0.1) is 5.41 Å². The summed E-state index contributed by atoms with van der Waals surface area (Å²) in [7, 11) is 0. The molecule has 1 aromatic carbocycles. The Morgan fingerprint density at radius 3 is 2.44 bits per heavy atom. The third-order valence-corrected chi connectivity index (χ3v) is 5.28. The number of halogens is 1. The topological polar surface area (TPSA) is 9.23 Å². The molecule has 100 valence electrons. The highest BCUT2D eigenvalue weighted by molar-refractivity contribution is 9.09. The Balaban J connectivity index is 1.71. The number of hydrogen-bond acceptors (Lipinski definition) is 1. The molecule has 0 amide bonds. The molecule has 0 N–H and O–H groups in total. The van der Waals surface area contributed by atoms with E-state index in [1.165, 1.54) is 44.1 Å². The molecule has 1 fully saturated rings. The van der Waals surface area contributed by atoms with Gasteiger partial charge in [-0.25, -0.2) is 0 Å². The van der Waals surface area contributed by atoms with Gasteiger partial charge in [0, 0.05) is 11.9 Å². The number of benzene rings is 1. The summed E-state index contributed by atoms with van der Waals surface area (Å²) in [5.74, 6) is 0. The van der Waals surface area contributed by atoms with Gasteiger partial charge in [-0.2, -0.15) is 0 Å². The van der Waals surface area contributed by atoms with E-state index < -0.39 is 0 Å². The van der Waals surface area contributed by atoms with E-state index in [0.29, 0.717) is 5.41 Å². The zero-order chi connectivity index (χ0) is 12.7.